The Balaban J connectivity index is 1.64. The zero-order valence-corrected chi connectivity index (χ0v) is 19.2. The van der Waals surface area contributed by atoms with Gasteiger partial charge in [-0.3, -0.25) is 4.79 Å². The Hall–Kier alpha value is -2.51. The summed E-state index contributed by atoms with van der Waals surface area (Å²) in [6, 6.07) is 8.86. The predicted octanol–water partition coefficient (Wildman–Crippen LogP) is 4.25. The smallest absolute Gasteiger partial charge is 0.338 e. The monoisotopic (exact) mass is 458 g/mol. The van der Waals surface area contributed by atoms with Gasteiger partial charge in [0.05, 0.1) is 18.8 Å². The van der Waals surface area contributed by atoms with Crippen LogP contribution in [0.25, 0.3) is 0 Å². The molecule has 1 aliphatic heterocycles. The van der Waals surface area contributed by atoms with E-state index in [1.165, 1.54) is 7.11 Å². The fraction of sp³-hybridized carbons (Fsp3) is 0.577. The Morgan fingerprint density at radius 3 is 2.64 bits per heavy atom. The number of carbonyl (C=O) groups excluding carboxylic acids is 3. The Labute approximate surface area is 195 Å². The summed E-state index contributed by atoms with van der Waals surface area (Å²) < 4.78 is 22.4. The highest BCUT2D eigenvalue weighted by atomic mass is 16.7. The molecule has 2 aliphatic rings. The molecule has 0 spiro atoms. The van der Waals surface area contributed by atoms with Gasteiger partial charge in [0, 0.05) is 31.3 Å². The topological polar surface area (TPSA) is 88.1 Å². The van der Waals surface area contributed by atoms with Crippen molar-refractivity contribution in [3.05, 3.63) is 48.0 Å². The number of benzene rings is 1. The van der Waals surface area contributed by atoms with Crippen molar-refractivity contribution in [3.63, 3.8) is 0 Å². The maximum absolute atomic E-state index is 12.7. The quantitative estimate of drug-likeness (QED) is 0.212. The van der Waals surface area contributed by atoms with Crippen molar-refractivity contribution < 1.29 is 33.3 Å². The number of methoxy groups -OCH3 is 1. The third-order valence-corrected chi connectivity index (χ3v) is 6.31. The van der Waals surface area contributed by atoms with E-state index in [9.17, 15) is 14.4 Å². The van der Waals surface area contributed by atoms with E-state index in [1.54, 1.807) is 24.3 Å². The Morgan fingerprint density at radius 1 is 1.12 bits per heavy atom. The third-order valence-electron chi connectivity index (χ3n) is 6.31. The maximum atomic E-state index is 12.7. The number of hydrogen-bond acceptors (Lipinski definition) is 7. The summed E-state index contributed by atoms with van der Waals surface area (Å²) in [4.78, 5) is 36.0. The summed E-state index contributed by atoms with van der Waals surface area (Å²) in [7, 11) is 1.38. The van der Waals surface area contributed by atoms with E-state index >= 15 is 0 Å². The summed E-state index contributed by atoms with van der Waals surface area (Å²) in [5, 5.41) is 0. The van der Waals surface area contributed by atoms with Gasteiger partial charge in [0.15, 0.2) is 6.29 Å². The van der Waals surface area contributed by atoms with Gasteiger partial charge in [0.1, 0.15) is 12.4 Å². The first-order valence-corrected chi connectivity index (χ1v) is 11.8. The predicted molar refractivity (Wildman–Crippen MR) is 121 cm³/mol. The van der Waals surface area contributed by atoms with Gasteiger partial charge in [-0.2, -0.15) is 0 Å². The standard InChI is InChI=1S/C26H34O7/c1-30-24(28)14-8-3-2-7-13-20-21(18-27)23(32-25-15-9-10-16-31-25)17-22(20)33-26(29)19-11-5-4-6-12-19/h2,4-7,11-12,18,20-23,25H,3,8-10,13-17H2,1H3/b7-2-/t20-,21-,22+,23-,25?/m1/s1. The molecule has 2 fully saturated rings. The highest BCUT2D eigenvalue weighted by molar-refractivity contribution is 5.89. The highest BCUT2D eigenvalue weighted by Crippen LogP contribution is 2.39. The van der Waals surface area contributed by atoms with E-state index in [4.69, 9.17) is 14.2 Å². The molecule has 0 radical (unpaired) electrons. The molecule has 0 amide bonds. The number of aldehydes is 1. The van der Waals surface area contributed by atoms with Crippen molar-refractivity contribution in [1.29, 1.82) is 0 Å². The van der Waals surface area contributed by atoms with Gasteiger partial charge in [0.2, 0.25) is 0 Å². The minimum Gasteiger partial charge on any atom is -0.469 e. The lowest BCUT2D eigenvalue weighted by atomic mass is 9.91. The third kappa shape index (κ3) is 7.51. The molecule has 1 saturated heterocycles. The SMILES string of the molecule is COC(=O)CCC/C=C\C[C@@H]1[C@@H](C=O)[C@H](OC2CCCCO2)C[C@@H]1OC(=O)c1ccccc1. The molecule has 0 bridgehead atoms. The second kappa shape index (κ2) is 13.3. The lowest BCUT2D eigenvalue weighted by Crippen LogP contribution is -2.32. The first kappa shape index (κ1) is 25.1. The van der Waals surface area contributed by atoms with Crippen LogP contribution in [0.1, 0.15) is 61.7 Å². The van der Waals surface area contributed by atoms with E-state index < -0.39 is 12.1 Å². The normalized spacial score (nSPS) is 27.4. The van der Waals surface area contributed by atoms with Gasteiger partial charge in [0.25, 0.3) is 0 Å². The van der Waals surface area contributed by atoms with Crippen LogP contribution in [0.2, 0.25) is 0 Å². The number of hydrogen-bond donors (Lipinski definition) is 0. The van der Waals surface area contributed by atoms with Gasteiger partial charge in [-0.25, -0.2) is 4.79 Å². The van der Waals surface area contributed by atoms with Crippen molar-refractivity contribution in [2.45, 2.75) is 69.9 Å². The largest absolute Gasteiger partial charge is 0.469 e. The highest BCUT2D eigenvalue weighted by Gasteiger charge is 2.46. The molecular formula is C26H34O7. The number of ether oxygens (including phenoxy) is 4. The first-order valence-electron chi connectivity index (χ1n) is 11.8. The van der Waals surface area contributed by atoms with Crippen molar-refractivity contribution in [2.75, 3.05) is 13.7 Å². The molecule has 1 saturated carbocycles. The van der Waals surface area contributed by atoms with Crippen LogP contribution in [0, 0.1) is 11.8 Å². The molecule has 5 atom stereocenters. The van der Waals surface area contributed by atoms with Gasteiger partial charge >= 0.3 is 11.9 Å². The summed E-state index contributed by atoms with van der Waals surface area (Å²) in [6.07, 6.45) is 9.54. The van der Waals surface area contributed by atoms with Gasteiger partial charge in [-0.1, -0.05) is 30.4 Å². The lowest BCUT2D eigenvalue weighted by Gasteiger charge is -2.27. The van der Waals surface area contributed by atoms with E-state index in [1.807, 2.05) is 18.2 Å². The molecule has 0 N–H and O–H groups in total. The van der Waals surface area contributed by atoms with Crippen LogP contribution in [-0.4, -0.2) is 50.4 Å². The van der Waals surface area contributed by atoms with Crippen LogP contribution in [-0.2, 0) is 28.5 Å². The summed E-state index contributed by atoms with van der Waals surface area (Å²) in [6.45, 7) is 0.660. The molecule has 1 aromatic rings. The zero-order valence-electron chi connectivity index (χ0n) is 19.2. The molecule has 180 valence electrons. The second-order valence-corrected chi connectivity index (χ2v) is 8.57. The van der Waals surface area contributed by atoms with E-state index in [2.05, 4.69) is 4.74 Å². The van der Waals surface area contributed by atoms with Crippen LogP contribution in [0.5, 0.6) is 0 Å². The van der Waals surface area contributed by atoms with Crippen molar-refractivity contribution in [3.8, 4) is 0 Å². The fourth-order valence-electron chi connectivity index (χ4n) is 4.49. The zero-order chi connectivity index (χ0) is 23.5. The molecule has 1 aliphatic carbocycles. The molecule has 1 aromatic carbocycles. The summed E-state index contributed by atoms with van der Waals surface area (Å²) >= 11 is 0. The van der Waals surface area contributed by atoms with Crippen LogP contribution in [0.4, 0.5) is 0 Å². The van der Waals surface area contributed by atoms with Crippen molar-refractivity contribution in [1.82, 2.24) is 0 Å². The lowest BCUT2D eigenvalue weighted by molar-refractivity contribution is -0.194. The molecule has 1 unspecified atom stereocenters. The second-order valence-electron chi connectivity index (χ2n) is 8.57. The Bertz CT molecular complexity index is 785. The van der Waals surface area contributed by atoms with Gasteiger partial charge in [-0.15, -0.1) is 0 Å². The number of allylic oxidation sites excluding steroid dienone is 2. The number of esters is 2. The number of rotatable bonds is 11. The minimum atomic E-state index is -0.429. The molecule has 1 heterocycles. The van der Waals surface area contributed by atoms with Crippen molar-refractivity contribution in [2.24, 2.45) is 11.8 Å². The van der Waals surface area contributed by atoms with Crippen molar-refractivity contribution >= 4 is 18.2 Å². The van der Waals surface area contributed by atoms with Gasteiger partial charge in [-0.05, 0) is 50.7 Å². The average Bonchev–Trinajstić information content (AvgIpc) is 3.17. The van der Waals surface area contributed by atoms with Crippen LogP contribution in [0.3, 0.4) is 0 Å². The molecule has 7 heteroatoms. The fourth-order valence-corrected chi connectivity index (χ4v) is 4.49. The number of unbranched alkanes of at least 4 members (excludes halogenated alkanes) is 1. The van der Waals surface area contributed by atoms with Crippen LogP contribution in [0.15, 0.2) is 42.5 Å². The van der Waals surface area contributed by atoms with E-state index in [0.29, 0.717) is 37.9 Å². The van der Waals surface area contributed by atoms with Gasteiger partial charge < -0.3 is 23.7 Å². The molecule has 3 rings (SSSR count). The minimum absolute atomic E-state index is 0.180. The molecular weight excluding hydrogens is 424 g/mol. The Kier molecular flexibility index (Phi) is 10.1. The average molecular weight is 459 g/mol. The summed E-state index contributed by atoms with van der Waals surface area (Å²) in [5.41, 5.74) is 0.484. The molecule has 33 heavy (non-hydrogen) atoms. The molecule has 7 nitrogen and oxygen atoms in total. The van der Waals surface area contributed by atoms with Crippen LogP contribution >= 0.6 is 0 Å². The maximum Gasteiger partial charge on any atom is 0.338 e. The van der Waals surface area contributed by atoms with Crippen LogP contribution < -0.4 is 0 Å². The molecule has 0 aromatic heterocycles. The summed E-state index contributed by atoms with van der Waals surface area (Å²) in [5.74, 6) is -1.19. The number of carbonyl (C=O) groups is 3. The van der Waals surface area contributed by atoms with E-state index in [0.717, 1.165) is 32.0 Å². The van der Waals surface area contributed by atoms with E-state index in [-0.39, 0.29) is 30.2 Å². The Morgan fingerprint density at radius 2 is 1.94 bits per heavy atom. The first-order chi connectivity index (χ1) is 16.1.